The Hall–Kier alpha value is -2.07. The number of aromatic nitrogens is 1. The van der Waals surface area contributed by atoms with Crippen LogP contribution in [0.2, 0.25) is 0 Å². The van der Waals surface area contributed by atoms with Crippen LogP contribution in [0.4, 0.5) is 0 Å². The van der Waals surface area contributed by atoms with Crippen LogP contribution in [0.1, 0.15) is 43.7 Å². The summed E-state index contributed by atoms with van der Waals surface area (Å²) in [5.41, 5.74) is 1.21. The van der Waals surface area contributed by atoms with Crippen molar-refractivity contribution in [3.8, 4) is 0 Å². The van der Waals surface area contributed by atoms with Gasteiger partial charge in [-0.1, -0.05) is 36.8 Å². The molecular formula is C24H33N3O. The molecule has 2 aliphatic rings. The molecule has 4 rings (SSSR count). The summed E-state index contributed by atoms with van der Waals surface area (Å²) in [6.07, 6.45) is 11.3. The lowest BCUT2D eigenvalue weighted by atomic mass is 9.83. The van der Waals surface area contributed by atoms with E-state index in [0.29, 0.717) is 12.0 Å². The summed E-state index contributed by atoms with van der Waals surface area (Å²) in [5.74, 6) is 0.845. The van der Waals surface area contributed by atoms with Gasteiger partial charge in [-0.05, 0) is 62.4 Å². The van der Waals surface area contributed by atoms with Gasteiger partial charge in [0.15, 0.2) is 0 Å². The molecule has 4 nitrogen and oxygen atoms in total. The molecule has 0 unspecified atom stereocenters. The van der Waals surface area contributed by atoms with Gasteiger partial charge in [-0.15, -0.1) is 0 Å². The van der Waals surface area contributed by atoms with Gasteiger partial charge in [-0.2, -0.15) is 0 Å². The SMILES string of the molecule is CN(C[C@@H]1CCCN2CCCC[C@H]12)C(=O)[C@@H](Cc1ccccc1)n1cccc1. The van der Waals surface area contributed by atoms with Gasteiger partial charge in [-0.25, -0.2) is 0 Å². The molecule has 3 atom stereocenters. The predicted octanol–water partition coefficient (Wildman–Crippen LogP) is 3.99. The van der Waals surface area contributed by atoms with Crippen molar-refractivity contribution in [3.05, 3.63) is 60.4 Å². The van der Waals surface area contributed by atoms with Crippen molar-refractivity contribution in [2.24, 2.45) is 5.92 Å². The quantitative estimate of drug-likeness (QED) is 0.759. The summed E-state index contributed by atoms with van der Waals surface area (Å²) in [6.45, 7) is 3.38. The molecule has 4 heteroatoms. The Balaban J connectivity index is 1.46. The van der Waals surface area contributed by atoms with E-state index in [-0.39, 0.29) is 11.9 Å². The van der Waals surface area contributed by atoms with Gasteiger partial charge in [0.25, 0.3) is 0 Å². The van der Waals surface area contributed by atoms with Gasteiger partial charge in [0.1, 0.15) is 6.04 Å². The van der Waals surface area contributed by atoms with Gasteiger partial charge >= 0.3 is 0 Å². The Bertz CT molecular complexity index is 740. The first-order chi connectivity index (χ1) is 13.7. The fourth-order valence-electron chi connectivity index (χ4n) is 5.20. The molecule has 150 valence electrons. The molecule has 0 radical (unpaired) electrons. The van der Waals surface area contributed by atoms with Crippen molar-refractivity contribution in [1.29, 1.82) is 0 Å². The number of likely N-dealkylation sites (N-methyl/N-ethyl adjacent to an activating group) is 1. The molecule has 3 heterocycles. The maximum Gasteiger partial charge on any atom is 0.245 e. The molecule has 2 aliphatic heterocycles. The van der Waals surface area contributed by atoms with Crippen LogP contribution in [0, 0.1) is 5.92 Å². The summed E-state index contributed by atoms with van der Waals surface area (Å²) in [4.78, 5) is 18.2. The van der Waals surface area contributed by atoms with Crippen LogP contribution in [0.15, 0.2) is 54.9 Å². The lowest BCUT2D eigenvalue weighted by Gasteiger charge is -2.45. The minimum atomic E-state index is -0.173. The molecule has 2 saturated heterocycles. The van der Waals surface area contributed by atoms with E-state index in [1.807, 2.05) is 42.5 Å². The maximum atomic E-state index is 13.5. The van der Waals surface area contributed by atoms with Crippen molar-refractivity contribution in [3.63, 3.8) is 0 Å². The number of amides is 1. The Labute approximate surface area is 169 Å². The molecular weight excluding hydrogens is 346 g/mol. The maximum absolute atomic E-state index is 13.5. The minimum Gasteiger partial charge on any atom is -0.344 e. The van der Waals surface area contributed by atoms with Crippen molar-refractivity contribution in [1.82, 2.24) is 14.4 Å². The molecule has 28 heavy (non-hydrogen) atoms. The van der Waals surface area contributed by atoms with Crippen molar-refractivity contribution in [2.75, 3.05) is 26.7 Å². The number of hydrogen-bond donors (Lipinski definition) is 0. The first-order valence-electron chi connectivity index (χ1n) is 10.9. The van der Waals surface area contributed by atoms with E-state index in [1.165, 1.54) is 50.8 Å². The Morgan fingerprint density at radius 2 is 1.79 bits per heavy atom. The molecule has 2 aromatic rings. The molecule has 2 fully saturated rings. The Morgan fingerprint density at radius 1 is 1.04 bits per heavy atom. The molecule has 0 aliphatic carbocycles. The third kappa shape index (κ3) is 4.33. The minimum absolute atomic E-state index is 0.173. The van der Waals surface area contributed by atoms with Crippen LogP contribution in [-0.4, -0.2) is 53.0 Å². The van der Waals surface area contributed by atoms with Gasteiger partial charge in [-0.3, -0.25) is 4.79 Å². The zero-order valence-corrected chi connectivity index (χ0v) is 17.0. The van der Waals surface area contributed by atoms with Crippen molar-refractivity contribution < 1.29 is 4.79 Å². The van der Waals surface area contributed by atoms with E-state index in [0.717, 1.165) is 13.0 Å². The molecule has 1 aromatic carbocycles. The average molecular weight is 380 g/mol. The van der Waals surface area contributed by atoms with Crippen LogP contribution >= 0.6 is 0 Å². The predicted molar refractivity (Wildman–Crippen MR) is 113 cm³/mol. The van der Waals surface area contributed by atoms with Crippen LogP contribution in [0.5, 0.6) is 0 Å². The third-order valence-corrected chi connectivity index (χ3v) is 6.66. The van der Waals surface area contributed by atoms with Crippen LogP contribution in [0.3, 0.4) is 0 Å². The fraction of sp³-hybridized carbons (Fsp3) is 0.542. The topological polar surface area (TPSA) is 28.5 Å². The van der Waals surface area contributed by atoms with E-state index in [9.17, 15) is 4.79 Å². The molecule has 0 saturated carbocycles. The number of hydrogen-bond acceptors (Lipinski definition) is 2. The number of carbonyl (C=O) groups excluding carboxylic acids is 1. The highest BCUT2D eigenvalue weighted by atomic mass is 16.2. The Morgan fingerprint density at radius 3 is 2.57 bits per heavy atom. The number of nitrogens with zero attached hydrogens (tertiary/aromatic N) is 3. The molecule has 0 bridgehead atoms. The average Bonchev–Trinajstić information content (AvgIpc) is 3.27. The van der Waals surface area contributed by atoms with Crippen molar-refractivity contribution >= 4 is 5.91 Å². The number of piperidine rings is 2. The largest absolute Gasteiger partial charge is 0.344 e. The Kier molecular flexibility index (Phi) is 6.16. The highest BCUT2D eigenvalue weighted by molar-refractivity contribution is 5.80. The second-order valence-electron chi connectivity index (χ2n) is 8.56. The number of benzene rings is 1. The zero-order chi connectivity index (χ0) is 19.3. The van der Waals surface area contributed by atoms with Crippen molar-refractivity contribution in [2.45, 2.75) is 50.6 Å². The lowest BCUT2D eigenvalue weighted by Crippen LogP contribution is -2.51. The first kappa shape index (κ1) is 19.3. The summed E-state index contributed by atoms with van der Waals surface area (Å²) >= 11 is 0. The number of rotatable bonds is 6. The fourth-order valence-corrected chi connectivity index (χ4v) is 5.20. The van der Waals surface area contributed by atoms with E-state index in [2.05, 4.69) is 33.7 Å². The van der Waals surface area contributed by atoms with E-state index in [1.54, 1.807) is 0 Å². The lowest BCUT2D eigenvalue weighted by molar-refractivity contribution is -0.134. The second kappa shape index (κ2) is 8.95. The smallest absolute Gasteiger partial charge is 0.245 e. The zero-order valence-electron chi connectivity index (χ0n) is 17.0. The second-order valence-corrected chi connectivity index (χ2v) is 8.56. The standard InChI is InChI=1S/C24H33N3O/c1-25(19-21-12-9-17-26-14-6-5-13-22(21)26)24(28)23(27-15-7-8-16-27)18-20-10-3-2-4-11-20/h2-4,7-8,10-11,15-16,21-23H,5-6,9,12-14,17-19H2,1H3/t21-,22+,23+/m0/s1. The highest BCUT2D eigenvalue weighted by Gasteiger charge is 2.35. The van der Waals surface area contributed by atoms with Crippen LogP contribution in [-0.2, 0) is 11.2 Å². The molecule has 1 aromatic heterocycles. The van der Waals surface area contributed by atoms with E-state index >= 15 is 0 Å². The number of fused-ring (bicyclic) bond motifs is 1. The molecule has 0 spiro atoms. The van der Waals surface area contributed by atoms with Crippen LogP contribution < -0.4 is 0 Å². The summed E-state index contributed by atoms with van der Waals surface area (Å²) < 4.78 is 2.07. The third-order valence-electron chi connectivity index (χ3n) is 6.66. The van der Waals surface area contributed by atoms with Gasteiger partial charge in [0.05, 0.1) is 0 Å². The monoisotopic (exact) mass is 379 g/mol. The number of carbonyl (C=O) groups is 1. The summed E-state index contributed by atoms with van der Waals surface area (Å²) in [7, 11) is 2.01. The normalized spacial score (nSPS) is 23.8. The highest BCUT2D eigenvalue weighted by Crippen LogP contribution is 2.31. The van der Waals surface area contributed by atoms with Gasteiger partial charge in [0, 0.05) is 38.4 Å². The van der Waals surface area contributed by atoms with Crippen LogP contribution in [0.25, 0.3) is 0 Å². The first-order valence-corrected chi connectivity index (χ1v) is 10.9. The van der Waals surface area contributed by atoms with Gasteiger partial charge in [0.2, 0.25) is 5.91 Å². The summed E-state index contributed by atoms with van der Waals surface area (Å²) in [6, 6.07) is 14.9. The summed E-state index contributed by atoms with van der Waals surface area (Å²) in [5, 5.41) is 0. The van der Waals surface area contributed by atoms with Gasteiger partial charge < -0.3 is 14.4 Å². The van der Waals surface area contributed by atoms with E-state index in [4.69, 9.17) is 0 Å². The molecule has 1 amide bonds. The molecule has 0 N–H and O–H groups in total. The van der Waals surface area contributed by atoms with E-state index < -0.39 is 0 Å².